The number of amides is 1. The third-order valence-electron chi connectivity index (χ3n) is 3.23. The molecule has 1 aromatic carbocycles. The van der Waals surface area contributed by atoms with E-state index in [1.807, 2.05) is 31.2 Å². The van der Waals surface area contributed by atoms with Crippen molar-refractivity contribution >= 4 is 54.5 Å². The van der Waals surface area contributed by atoms with Crippen molar-refractivity contribution in [1.29, 1.82) is 0 Å². The van der Waals surface area contributed by atoms with Gasteiger partial charge in [-0.1, -0.05) is 23.5 Å². The number of halogens is 1. The first-order valence-electron chi connectivity index (χ1n) is 7.17. The normalized spacial score (nSPS) is 10.8. The fourth-order valence-electron chi connectivity index (χ4n) is 2.09. The molecule has 0 aliphatic heterocycles. The average Bonchev–Trinajstić information content (AvgIpc) is 3.19. The van der Waals surface area contributed by atoms with Crippen molar-refractivity contribution < 1.29 is 18.7 Å². The van der Waals surface area contributed by atoms with Gasteiger partial charge in [0.2, 0.25) is 5.76 Å². The van der Waals surface area contributed by atoms with E-state index in [4.69, 9.17) is 9.15 Å². The maximum Gasteiger partial charge on any atom is 0.374 e. The molecule has 0 radical (unpaired) electrons. The number of aromatic nitrogens is 1. The monoisotopic (exact) mass is 408 g/mol. The van der Waals surface area contributed by atoms with Gasteiger partial charge in [0.05, 0.1) is 10.2 Å². The van der Waals surface area contributed by atoms with Crippen molar-refractivity contribution in [1.82, 2.24) is 4.98 Å². The van der Waals surface area contributed by atoms with E-state index in [1.54, 1.807) is 6.07 Å². The summed E-state index contributed by atoms with van der Waals surface area (Å²) in [6.07, 6.45) is 0. The maximum absolute atomic E-state index is 12.4. The fourth-order valence-corrected chi connectivity index (χ4v) is 3.45. The Morgan fingerprint density at radius 3 is 2.75 bits per heavy atom. The minimum absolute atomic E-state index is 0.0395. The highest BCUT2D eigenvalue weighted by molar-refractivity contribution is 9.10. The molecule has 2 heterocycles. The van der Waals surface area contributed by atoms with Crippen LogP contribution in [0.2, 0.25) is 0 Å². The SMILES string of the molecule is CCN(C(=O)COC(=O)c1ccc(Br)o1)c1nc2ccccc2s1. The first-order chi connectivity index (χ1) is 11.6. The first-order valence-corrected chi connectivity index (χ1v) is 8.78. The lowest BCUT2D eigenvalue weighted by Crippen LogP contribution is -2.34. The predicted molar refractivity (Wildman–Crippen MR) is 94.3 cm³/mol. The Bertz CT molecular complexity index is 856. The minimum atomic E-state index is -0.686. The molecule has 24 heavy (non-hydrogen) atoms. The van der Waals surface area contributed by atoms with Gasteiger partial charge in [-0.3, -0.25) is 9.69 Å². The molecule has 0 aliphatic rings. The number of likely N-dealkylation sites (N-methyl/N-ethyl adjacent to an activating group) is 1. The smallest absolute Gasteiger partial charge is 0.374 e. The molecule has 0 unspecified atom stereocenters. The summed E-state index contributed by atoms with van der Waals surface area (Å²) < 4.78 is 11.5. The fraction of sp³-hybridized carbons (Fsp3) is 0.188. The number of hydrogen-bond donors (Lipinski definition) is 0. The lowest BCUT2D eigenvalue weighted by atomic mass is 10.3. The van der Waals surface area contributed by atoms with Gasteiger partial charge in [-0.2, -0.15) is 0 Å². The minimum Gasteiger partial charge on any atom is -0.450 e. The van der Waals surface area contributed by atoms with Gasteiger partial charge >= 0.3 is 5.97 Å². The molecular weight excluding hydrogens is 396 g/mol. The highest BCUT2D eigenvalue weighted by atomic mass is 79.9. The van der Waals surface area contributed by atoms with Crippen LogP contribution in [0.5, 0.6) is 0 Å². The van der Waals surface area contributed by atoms with Gasteiger partial charge in [0.1, 0.15) is 0 Å². The number of benzene rings is 1. The molecule has 2 aromatic heterocycles. The molecule has 3 rings (SSSR count). The van der Waals surface area contributed by atoms with Crippen LogP contribution in [0.1, 0.15) is 17.5 Å². The average molecular weight is 409 g/mol. The summed E-state index contributed by atoms with van der Waals surface area (Å²) in [6, 6.07) is 10.7. The van der Waals surface area contributed by atoms with Crippen molar-refractivity contribution in [2.45, 2.75) is 6.92 Å². The van der Waals surface area contributed by atoms with Crippen LogP contribution in [0.15, 0.2) is 45.5 Å². The van der Waals surface area contributed by atoms with Crippen molar-refractivity contribution in [3.63, 3.8) is 0 Å². The second kappa shape index (κ2) is 7.14. The predicted octanol–water partition coefficient (Wildman–Crippen LogP) is 3.86. The topological polar surface area (TPSA) is 72.6 Å². The van der Waals surface area contributed by atoms with Crippen molar-refractivity contribution in [3.8, 4) is 0 Å². The molecule has 0 atom stereocenters. The van der Waals surface area contributed by atoms with Gasteiger partial charge in [0.25, 0.3) is 5.91 Å². The van der Waals surface area contributed by atoms with Gasteiger partial charge in [-0.25, -0.2) is 9.78 Å². The summed E-state index contributed by atoms with van der Waals surface area (Å²) in [4.78, 5) is 30.1. The molecule has 124 valence electrons. The Morgan fingerprint density at radius 2 is 2.08 bits per heavy atom. The molecule has 8 heteroatoms. The number of nitrogens with zero attached hydrogens (tertiary/aromatic N) is 2. The van der Waals surface area contributed by atoms with E-state index in [1.165, 1.54) is 22.3 Å². The van der Waals surface area contributed by atoms with Crippen LogP contribution in [0.4, 0.5) is 5.13 Å². The van der Waals surface area contributed by atoms with Gasteiger partial charge in [-0.05, 0) is 47.1 Å². The zero-order chi connectivity index (χ0) is 17.1. The van der Waals surface area contributed by atoms with Crippen LogP contribution < -0.4 is 4.90 Å². The Labute approximate surface area is 150 Å². The van der Waals surface area contributed by atoms with E-state index >= 15 is 0 Å². The van der Waals surface area contributed by atoms with Crippen molar-refractivity contribution in [2.75, 3.05) is 18.1 Å². The number of hydrogen-bond acceptors (Lipinski definition) is 6. The van der Waals surface area contributed by atoms with Crippen molar-refractivity contribution in [3.05, 3.63) is 46.8 Å². The Kier molecular flexibility index (Phi) is 4.96. The first kappa shape index (κ1) is 16.7. The Hall–Kier alpha value is -2.19. The van der Waals surface area contributed by atoms with E-state index in [0.717, 1.165) is 10.2 Å². The zero-order valence-electron chi connectivity index (χ0n) is 12.7. The van der Waals surface area contributed by atoms with Crippen LogP contribution in [-0.4, -0.2) is 30.0 Å². The number of furan rings is 1. The standard InChI is InChI=1S/C16H13BrN2O4S/c1-2-19(16-18-10-5-3-4-6-12(10)24-16)14(20)9-22-15(21)11-7-8-13(17)23-11/h3-8H,2,9H2,1H3. The van der Waals surface area contributed by atoms with E-state index in [2.05, 4.69) is 20.9 Å². The Balaban J connectivity index is 1.68. The van der Waals surface area contributed by atoms with Gasteiger partial charge in [0.15, 0.2) is 16.4 Å². The molecule has 0 N–H and O–H groups in total. The maximum atomic E-state index is 12.4. The summed E-state index contributed by atoms with van der Waals surface area (Å²) in [5, 5.41) is 0.584. The second-order valence-electron chi connectivity index (χ2n) is 4.78. The largest absolute Gasteiger partial charge is 0.450 e. The van der Waals surface area contributed by atoms with Crippen molar-refractivity contribution in [2.24, 2.45) is 0 Å². The second-order valence-corrected chi connectivity index (χ2v) is 6.57. The highest BCUT2D eigenvalue weighted by Crippen LogP contribution is 2.28. The quantitative estimate of drug-likeness (QED) is 0.599. The zero-order valence-corrected chi connectivity index (χ0v) is 15.1. The number of rotatable bonds is 5. The molecule has 0 spiro atoms. The van der Waals surface area contributed by atoms with Gasteiger partial charge in [0, 0.05) is 6.54 Å². The summed E-state index contributed by atoms with van der Waals surface area (Å²) in [5.41, 5.74) is 0.834. The number of carbonyl (C=O) groups excluding carboxylic acids is 2. The van der Waals surface area contributed by atoms with Crippen LogP contribution in [0.3, 0.4) is 0 Å². The number of esters is 1. The summed E-state index contributed by atoms with van der Waals surface area (Å²) in [5.74, 6) is -0.984. The number of fused-ring (bicyclic) bond motifs is 1. The number of anilines is 1. The van der Waals surface area contributed by atoms with Gasteiger partial charge < -0.3 is 9.15 Å². The molecule has 0 saturated carbocycles. The van der Waals surface area contributed by atoms with E-state index < -0.39 is 5.97 Å². The molecule has 0 bridgehead atoms. The van der Waals surface area contributed by atoms with E-state index in [9.17, 15) is 9.59 Å². The number of carbonyl (C=O) groups is 2. The number of ether oxygens (including phenoxy) is 1. The molecule has 0 aliphatic carbocycles. The Morgan fingerprint density at radius 1 is 1.29 bits per heavy atom. The molecular formula is C16H13BrN2O4S. The summed E-state index contributed by atoms with van der Waals surface area (Å²) >= 11 is 4.53. The van der Waals surface area contributed by atoms with Crippen LogP contribution >= 0.6 is 27.3 Å². The molecule has 1 amide bonds. The molecule has 0 fully saturated rings. The third kappa shape index (κ3) is 3.49. The van der Waals surface area contributed by atoms with Crippen LogP contribution in [0.25, 0.3) is 10.2 Å². The van der Waals surface area contributed by atoms with Crippen LogP contribution in [-0.2, 0) is 9.53 Å². The van der Waals surface area contributed by atoms with Crippen LogP contribution in [0, 0.1) is 0 Å². The number of thiazole rings is 1. The lowest BCUT2D eigenvalue weighted by molar-refractivity contribution is -0.121. The summed E-state index contributed by atoms with van der Waals surface area (Å²) in [7, 11) is 0. The molecule has 3 aromatic rings. The van der Waals surface area contributed by atoms with E-state index in [-0.39, 0.29) is 18.3 Å². The van der Waals surface area contributed by atoms with E-state index in [0.29, 0.717) is 16.3 Å². The highest BCUT2D eigenvalue weighted by Gasteiger charge is 2.21. The number of para-hydroxylation sites is 1. The van der Waals surface area contributed by atoms with Gasteiger partial charge in [-0.15, -0.1) is 0 Å². The lowest BCUT2D eigenvalue weighted by Gasteiger charge is -2.17. The molecule has 0 saturated heterocycles. The summed E-state index contributed by atoms with van der Waals surface area (Å²) in [6.45, 7) is 1.90. The third-order valence-corrected chi connectivity index (χ3v) is 4.72. The molecule has 6 nitrogen and oxygen atoms in total.